The predicted octanol–water partition coefficient (Wildman–Crippen LogP) is 2.46. The molecule has 0 bridgehead atoms. The van der Waals surface area contributed by atoms with E-state index in [1.807, 2.05) is 29.6 Å². The lowest BCUT2D eigenvalue weighted by Gasteiger charge is -2.19. The van der Waals surface area contributed by atoms with Crippen molar-refractivity contribution in [1.29, 1.82) is 0 Å². The second-order valence-electron chi connectivity index (χ2n) is 7.08. The first-order chi connectivity index (χ1) is 13.4. The van der Waals surface area contributed by atoms with E-state index in [-0.39, 0.29) is 6.04 Å². The van der Waals surface area contributed by atoms with Crippen molar-refractivity contribution in [3.8, 4) is 0 Å². The number of aromatic amines is 1. The van der Waals surface area contributed by atoms with Gasteiger partial charge in [0.05, 0.1) is 18.4 Å². The zero-order valence-electron chi connectivity index (χ0n) is 15.0. The molecule has 2 N–H and O–H groups in total. The maximum Gasteiger partial charge on any atom is 0.173 e. The van der Waals surface area contributed by atoms with E-state index in [0.29, 0.717) is 6.04 Å². The van der Waals surface area contributed by atoms with Crippen molar-refractivity contribution in [3.63, 3.8) is 0 Å². The number of aryl methyl sites for hydroxylation is 1. The quantitative estimate of drug-likeness (QED) is 0.470. The fourth-order valence-electron chi connectivity index (χ4n) is 3.51. The highest BCUT2D eigenvalue weighted by atomic mass is 15.6. The molecule has 1 unspecified atom stereocenters. The molecule has 138 valence electrons. The number of tetrazole rings is 1. The second kappa shape index (κ2) is 6.96. The first kappa shape index (κ1) is 16.2. The van der Waals surface area contributed by atoms with Crippen LogP contribution in [0.5, 0.6) is 0 Å². The molecule has 4 aromatic rings. The van der Waals surface area contributed by atoms with Gasteiger partial charge in [0.15, 0.2) is 5.82 Å². The molecular weight excluding hydrogens is 340 g/mol. The van der Waals surface area contributed by atoms with Crippen molar-refractivity contribution >= 4 is 10.9 Å². The van der Waals surface area contributed by atoms with Gasteiger partial charge in [0.25, 0.3) is 0 Å². The Balaban J connectivity index is 1.39. The summed E-state index contributed by atoms with van der Waals surface area (Å²) in [4.78, 5) is 7.35. The van der Waals surface area contributed by atoms with E-state index in [1.54, 1.807) is 0 Å². The third-order valence-electron chi connectivity index (χ3n) is 5.08. The van der Waals surface area contributed by atoms with Gasteiger partial charge in [0.2, 0.25) is 0 Å². The van der Waals surface area contributed by atoms with E-state index >= 15 is 0 Å². The van der Waals surface area contributed by atoms with E-state index < -0.39 is 0 Å². The minimum Gasteiger partial charge on any atom is -0.361 e. The lowest BCUT2D eigenvalue weighted by atomic mass is 10.0. The van der Waals surface area contributed by atoms with E-state index in [0.717, 1.165) is 43.7 Å². The second-order valence-corrected chi connectivity index (χ2v) is 7.08. The van der Waals surface area contributed by atoms with Gasteiger partial charge in [0, 0.05) is 30.7 Å². The molecule has 1 aliphatic carbocycles. The molecule has 27 heavy (non-hydrogen) atoms. The van der Waals surface area contributed by atoms with Crippen LogP contribution >= 0.6 is 0 Å². The Bertz CT molecular complexity index is 1010. The molecule has 3 aromatic heterocycles. The van der Waals surface area contributed by atoms with Gasteiger partial charge in [-0.25, -0.2) is 9.67 Å². The molecule has 1 fully saturated rings. The average molecular weight is 362 g/mol. The van der Waals surface area contributed by atoms with Gasteiger partial charge in [-0.1, -0.05) is 6.07 Å². The van der Waals surface area contributed by atoms with Crippen LogP contribution in [0.3, 0.4) is 0 Å². The van der Waals surface area contributed by atoms with Crippen LogP contribution in [0.2, 0.25) is 0 Å². The molecule has 8 nitrogen and oxygen atoms in total. The first-order valence-corrected chi connectivity index (χ1v) is 9.42. The minimum atomic E-state index is -0.0253. The van der Waals surface area contributed by atoms with Crippen molar-refractivity contribution in [1.82, 2.24) is 40.1 Å². The zero-order valence-corrected chi connectivity index (χ0v) is 15.0. The third-order valence-corrected chi connectivity index (χ3v) is 5.08. The summed E-state index contributed by atoms with van der Waals surface area (Å²) in [6.45, 7) is 1.80. The van der Waals surface area contributed by atoms with Crippen LogP contribution < -0.4 is 5.32 Å². The smallest absolute Gasteiger partial charge is 0.173 e. The zero-order chi connectivity index (χ0) is 18.1. The first-order valence-electron chi connectivity index (χ1n) is 9.42. The summed E-state index contributed by atoms with van der Waals surface area (Å²) >= 11 is 0. The lowest BCUT2D eigenvalue weighted by molar-refractivity contribution is 0.493. The summed E-state index contributed by atoms with van der Waals surface area (Å²) < 4.78 is 4.09. The SMILES string of the molecule is c1cn(CCCNC(c2ccc3[nH]ccc3c2)c2nnnn2C2CC2)cn1. The maximum atomic E-state index is 4.37. The summed E-state index contributed by atoms with van der Waals surface area (Å²) in [6, 6.07) is 9.00. The minimum absolute atomic E-state index is 0.0253. The fourth-order valence-corrected chi connectivity index (χ4v) is 3.51. The van der Waals surface area contributed by atoms with Crippen LogP contribution in [-0.4, -0.2) is 41.3 Å². The Morgan fingerprint density at radius 3 is 3.07 bits per heavy atom. The summed E-state index contributed by atoms with van der Waals surface area (Å²) in [7, 11) is 0. The number of nitrogens with one attached hydrogen (secondary N) is 2. The number of aromatic nitrogens is 7. The number of H-pyrrole nitrogens is 1. The molecule has 0 amide bonds. The molecule has 1 aromatic carbocycles. The molecule has 0 aliphatic heterocycles. The highest BCUT2D eigenvalue weighted by Crippen LogP contribution is 2.36. The normalized spacial score (nSPS) is 15.4. The predicted molar refractivity (Wildman–Crippen MR) is 101 cm³/mol. The van der Waals surface area contributed by atoms with Gasteiger partial charge in [-0.05, 0) is 65.4 Å². The van der Waals surface area contributed by atoms with Gasteiger partial charge in [-0.3, -0.25) is 0 Å². The van der Waals surface area contributed by atoms with Gasteiger partial charge >= 0.3 is 0 Å². The van der Waals surface area contributed by atoms with Crippen molar-refractivity contribution < 1.29 is 0 Å². The van der Waals surface area contributed by atoms with Crippen molar-refractivity contribution in [2.75, 3.05) is 6.54 Å². The van der Waals surface area contributed by atoms with Crippen molar-refractivity contribution in [2.24, 2.45) is 0 Å². The summed E-state index contributed by atoms with van der Waals surface area (Å²) in [6.07, 6.45) is 10.9. The Hall–Kier alpha value is -3.00. The fraction of sp³-hybridized carbons (Fsp3) is 0.368. The van der Waals surface area contributed by atoms with Crippen molar-refractivity contribution in [3.05, 3.63) is 60.6 Å². The Labute approximate surface area is 156 Å². The molecule has 1 saturated carbocycles. The number of hydrogen-bond acceptors (Lipinski definition) is 5. The lowest BCUT2D eigenvalue weighted by Crippen LogP contribution is -2.27. The molecule has 1 aliphatic rings. The van der Waals surface area contributed by atoms with Gasteiger partial charge in [-0.15, -0.1) is 5.10 Å². The molecule has 8 heteroatoms. The molecule has 5 rings (SSSR count). The number of benzene rings is 1. The van der Waals surface area contributed by atoms with Crippen LogP contribution in [0.25, 0.3) is 10.9 Å². The highest BCUT2D eigenvalue weighted by Gasteiger charge is 2.31. The number of fused-ring (bicyclic) bond motifs is 1. The molecule has 1 atom stereocenters. The number of nitrogens with zero attached hydrogens (tertiary/aromatic N) is 6. The van der Waals surface area contributed by atoms with E-state index in [9.17, 15) is 0 Å². The van der Waals surface area contributed by atoms with Crippen LogP contribution in [0, 0.1) is 0 Å². The standard InChI is InChI=1S/C19H22N8/c1(10-26-11-9-20-13-26)7-22-18(19-23-24-25-27(19)16-3-4-16)15-2-5-17-14(12-15)6-8-21-17/h2,5-6,8-9,11-13,16,18,21-22H,1,3-4,7,10H2. The van der Waals surface area contributed by atoms with Gasteiger partial charge in [-0.2, -0.15) is 0 Å². The topological polar surface area (TPSA) is 89.2 Å². The highest BCUT2D eigenvalue weighted by molar-refractivity contribution is 5.80. The Morgan fingerprint density at radius 1 is 1.26 bits per heavy atom. The largest absolute Gasteiger partial charge is 0.361 e. The maximum absolute atomic E-state index is 4.37. The van der Waals surface area contributed by atoms with E-state index in [2.05, 4.69) is 59.6 Å². The van der Waals surface area contributed by atoms with Crippen LogP contribution in [0.15, 0.2) is 49.2 Å². The summed E-state index contributed by atoms with van der Waals surface area (Å²) in [5.41, 5.74) is 2.32. The number of hydrogen-bond donors (Lipinski definition) is 2. The third kappa shape index (κ3) is 3.35. The molecule has 0 radical (unpaired) electrons. The van der Waals surface area contributed by atoms with Crippen molar-refractivity contribution in [2.45, 2.75) is 37.9 Å². The number of imidazole rings is 1. The number of rotatable bonds is 8. The van der Waals surface area contributed by atoms with Gasteiger partial charge < -0.3 is 14.9 Å². The van der Waals surface area contributed by atoms with Gasteiger partial charge in [0.1, 0.15) is 0 Å². The Morgan fingerprint density at radius 2 is 2.22 bits per heavy atom. The molecular formula is C19H22N8. The van der Waals surface area contributed by atoms with E-state index in [1.165, 1.54) is 10.9 Å². The molecule has 0 saturated heterocycles. The van der Waals surface area contributed by atoms with E-state index in [4.69, 9.17) is 0 Å². The molecule has 3 heterocycles. The Kier molecular flexibility index (Phi) is 4.17. The van der Waals surface area contributed by atoms with Crippen LogP contribution in [0.1, 0.15) is 42.7 Å². The van der Waals surface area contributed by atoms with Crippen LogP contribution in [0.4, 0.5) is 0 Å². The monoisotopic (exact) mass is 362 g/mol. The van der Waals surface area contributed by atoms with Crippen LogP contribution in [-0.2, 0) is 6.54 Å². The average Bonchev–Trinajstić information content (AvgIpc) is 3.09. The summed E-state index contributed by atoms with van der Waals surface area (Å²) in [5, 5.41) is 17.4. The summed E-state index contributed by atoms with van der Waals surface area (Å²) in [5.74, 6) is 0.898. The molecule has 0 spiro atoms.